The smallest absolute Gasteiger partial charge is 0.141 e. The Morgan fingerprint density at radius 1 is 1.05 bits per heavy atom. The van der Waals surface area contributed by atoms with Crippen LogP contribution in [0.15, 0.2) is 36.4 Å². The van der Waals surface area contributed by atoms with Crippen molar-refractivity contribution in [3.63, 3.8) is 0 Å². The molecule has 0 aliphatic heterocycles. The topological polar surface area (TPSA) is 20.2 Å². The zero-order valence-corrected chi connectivity index (χ0v) is 11.2. The van der Waals surface area contributed by atoms with E-state index in [1.807, 2.05) is 0 Å². The normalized spacial score (nSPS) is 12.5. The summed E-state index contributed by atoms with van der Waals surface area (Å²) in [6.45, 7) is 0. The monoisotopic (exact) mass is 302 g/mol. The minimum atomic E-state index is -0.935. The van der Waals surface area contributed by atoms with Crippen molar-refractivity contribution in [2.24, 2.45) is 0 Å². The summed E-state index contributed by atoms with van der Waals surface area (Å²) in [5.41, 5.74) is 1.02. The molecule has 2 aromatic rings. The molecule has 0 bridgehead atoms. The molecule has 2 aromatic carbocycles. The van der Waals surface area contributed by atoms with Gasteiger partial charge in [0, 0.05) is 11.4 Å². The number of benzene rings is 2. The Morgan fingerprint density at radius 2 is 1.79 bits per heavy atom. The summed E-state index contributed by atoms with van der Waals surface area (Å²) in [6.07, 6.45) is -0.741. The number of halogens is 4. The Hall–Kier alpha value is -1.16. The standard InChI is InChI=1S/C14H10Cl2F2O/c15-10-5-9(6-11(17)7-10)14(19)4-8-1-2-13(18)12(16)3-8/h1-3,5-7,14,19H,4H2. The molecule has 1 nitrogen and oxygen atoms in total. The minimum absolute atomic E-state index is 0.0121. The molecule has 100 valence electrons. The third kappa shape index (κ3) is 3.66. The largest absolute Gasteiger partial charge is 0.388 e. The Balaban J connectivity index is 2.20. The van der Waals surface area contributed by atoms with Gasteiger partial charge >= 0.3 is 0 Å². The second kappa shape index (κ2) is 5.87. The molecule has 5 heteroatoms. The van der Waals surface area contributed by atoms with E-state index in [-0.39, 0.29) is 16.5 Å². The average Bonchev–Trinajstić information content (AvgIpc) is 2.32. The highest BCUT2D eigenvalue weighted by atomic mass is 35.5. The van der Waals surface area contributed by atoms with Crippen LogP contribution in [0.2, 0.25) is 10.0 Å². The lowest BCUT2D eigenvalue weighted by molar-refractivity contribution is 0.178. The van der Waals surface area contributed by atoms with Crippen molar-refractivity contribution in [3.8, 4) is 0 Å². The molecule has 1 N–H and O–H groups in total. The molecule has 0 fully saturated rings. The van der Waals surface area contributed by atoms with Gasteiger partial charge in [-0.3, -0.25) is 0 Å². The maximum atomic E-state index is 13.2. The van der Waals surface area contributed by atoms with Crippen LogP contribution in [0.1, 0.15) is 17.2 Å². The molecule has 0 amide bonds. The highest BCUT2D eigenvalue weighted by Crippen LogP contribution is 2.24. The Morgan fingerprint density at radius 3 is 2.42 bits per heavy atom. The summed E-state index contributed by atoms with van der Waals surface area (Å²) in [4.78, 5) is 0. The fraction of sp³-hybridized carbons (Fsp3) is 0.143. The van der Waals surface area contributed by atoms with E-state index in [1.165, 1.54) is 30.3 Å². The summed E-state index contributed by atoms with van der Waals surface area (Å²) in [5, 5.41) is 10.2. The molecule has 0 saturated heterocycles. The predicted octanol–water partition coefficient (Wildman–Crippen LogP) is 4.55. The maximum absolute atomic E-state index is 13.2. The van der Waals surface area contributed by atoms with Gasteiger partial charge in [-0.2, -0.15) is 0 Å². The van der Waals surface area contributed by atoms with E-state index >= 15 is 0 Å². The van der Waals surface area contributed by atoms with Crippen LogP contribution in [-0.2, 0) is 6.42 Å². The van der Waals surface area contributed by atoms with E-state index in [1.54, 1.807) is 0 Å². The van der Waals surface area contributed by atoms with Crippen LogP contribution < -0.4 is 0 Å². The molecule has 0 aliphatic carbocycles. The highest BCUT2D eigenvalue weighted by molar-refractivity contribution is 6.31. The molecule has 1 unspecified atom stereocenters. The van der Waals surface area contributed by atoms with Crippen LogP contribution in [0.4, 0.5) is 8.78 Å². The van der Waals surface area contributed by atoms with Crippen molar-refractivity contribution in [3.05, 3.63) is 69.2 Å². The molecule has 0 spiro atoms. The molecule has 2 rings (SSSR count). The summed E-state index contributed by atoms with van der Waals surface area (Å²) < 4.78 is 26.2. The SMILES string of the molecule is OC(Cc1ccc(F)c(Cl)c1)c1cc(F)cc(Cl)c1. The van der Waals surface area contributed by atoms with Gasteiger partial charge in [0.05, 0.1) is 11.1 Å². The van der Waals surface area contributed by atoms with E-state index in [0.717, 1.165) is 6.07 Å². The molecule has 19 heavy (non-hydrogen) atoms. The fourth-order valence-electron chi connectivity index (χ4n) is 1.78. The summed E-state index contributed by atoms with van der Waals surface area (Å²) >= 11 is 11.4. The third-order valence-corrected chi connectivity index (χ3v) is 3.19. The quantitative estimate of drug-likeness (QED) is 0.882. The summed E-state index contributed by atoms with van der Waals surface area (Å²) in [6, 6.07) is 8.03. The first-order chi connectivity index (χ1) is 8.95. The second-order valence-electron chi connectivity index (χ2n) is 4.17. The molecular formula is C14H10Cl2F2O. The van der Waals surface area contributed by atoms with E-state index in [0.29, 0.717) is 11.1 Å². The zero-order valence-electron chi connectivity index (χ0n) is 9.71. The van der Waals surface area contributed by atoms with Crippen molar-refractivity contribution < 1.29 is 13.9 Å². The molecule has 0 radical (unpaired) electrons. The van der Waals surface area contributed by atoms with Gasteiger partial charge < -0.3 is 5.11 Å². The lowest BCUT2D eigenvalue weighted by Crippen LogP contribution is -2.02. The van der Waals surface area contributed by atoms with Gasteiger partial charge in [-0.1, -0.05) is 29.3 Å². The van der Waals surface area contributed by atoms with Gasteiger partial charge in [0.15, 0.2) is 0 Å². The van der Waals surface area contributed by atoms with Gasteiger partial charge in [0.1, 0.15) is 11.6 Å². The number of rotatable bonds is 3. The first-order valence-electron chi connectivity index (χ1n) is 5.53. The van der Waals surface area contributed by atoms with Gasteiger partial charge in [-0.15, -0.1) is 0 Å². The Kier molecular flexibility index (Phi) is 4.40. The molecule has 0 saturated carbocycles. The van der Waals surface area contributed by atoms with E-state index in [4.69, 9.17) is 23.2 Å². The molecular weight excluding hydrogens is 293 g/mol. The maximum Gasteiger partial charge on any atom is 0.141 e. The van der Waals surface area contributed by atoms with Crippen LogP contribution >= 0.6 is 23.2 Å². The zero-order chi connectivity index (χ0) is 14.0. The van der Waals surface area contributed by atoms with Crippen molar-refractivity contribution in [1.29, 1.82) is 0 Å². The lowest BCUT2D eigenvalue weighted by atomic mass is 10.0. The van der Waals surface area contributed by atoms with Gasteiger partial charge in [-0.25, -0.2) is 8.78 Å². The van der Waals surface area contributed by atoms with Crippen molar-refractivity contribution in [2.75, 3.05) is 0 Å². The van der Waals surface area contributed by atoms with Gasteiger partial charge in [-0.05, 0) is 41.5 Å². The highest BCUT2D eigenvalue weighted by Gasteiger charge is 2.12. The Bertz CT molecular complexity index is 582. The predicted molar refractivity (Wildman–Crippen MR) is 71.5 cm³/mol. The molecule has 0 heterocycles. The average molecular weight is 303 g/mol. The minimum Gasteiger partial charge on any atom is -0.388 e. The van der Waals surface area contributed by atoms with Crippen molar-refractivity contribution >= 4 is 23.2 Å². The fourth-order valence-corrected chi connectivity index (χ4v) is 2.21. The van der Waals surface area contributed by atoms with E-state index in [9.17, 15) is 13.9 Å². The van der Waals surface area contributed by atoms with Crippen LogP contribution in [0.3, 0.4) is 0 Å². The number of aliphatic hydroxyl groups excluding tert-OH is 1. The Labute approximate surface area is 119 Å². The van der Waals surface area contributed by atoms with Gasteiger partial charge in [0.25, 0.3) is 0 Å². The number of aliphatic hydroxyl groups is 1. The van der Waals surface area contributed by atoms with Crippen molar-refractivity contribution in [1.82, 2.24) is 0 Å². The molecule has 0 aromatic heterocycles. The number of hydrogen-bond donors (Lipinski definition) is 1. The van der Waals surface area contributed by atoms with E-state index < -0.39 is 17.7 Å². The van der Waals surface area contributed by atoms with Crippen LogP contribution in [0, 0.1) is 11.6 Å². The summed E-state index contributed by atoms with van der Waals surface area (Å²) in [5.74, 6) is -1.03. The van der Waals surface area contributed by atoms with Gasteiger partial charge in [0.2, 0.25) is 0 Å². The molecule has 1 atom stereocenters. The van der Waals surface area contributed by atoms with Crippen LogP contribution in [0.25, 0.3) is 0 Å². The van der Waals surface area contributed by atoms with Crippen LogP contribution in [0.5, 0.6) is 0 Å². The number of hydrogen-bond acceptors (Lipinski definition) is 1. The third-order valence-electron chi connectivity index (χ3n) is 2.68. The summed E-state index contributed by atoms with van der Waals surface area (Å²) in [7, 11) is 0. The molecule has 0 aliphatic rings. The second-order valence-corrected chi connectivity index (χ2v) is 5.01. The first kappa shape index (κ1) is 14.3. The van der Waals surface area contributed by atoms with Crippen LogP contribution in [-0.4, -0.2) is 5.11 Å². The lowest BCUT2D eigenvalue weighted by Gasteiger charge is -2.12. The first-order valence-corrected chi connectivity index (χ1v) is 6.29. The van der Waals surface area contributed by atoms with Crippen molar-refractivity contribution in [2.45, 2.75) is 12.5 Å². The van der Waals surface area contributed by atoms with E-state index in [2.05, 4.69) is 0 Å².